The zero-order chi connectivity index (χ0) is 18.0. The maximum atomic E-state index is 12.5. The van der Waals surface area contributed by atoms with Crippen LogP contribution in [0.25, 0.3) is 6.08 Å². The second-order valence-corrected chi connectivity index (χ2v) is 7.69. The first kappa shape index (κ1) is 17.7. The van der Waals surface area contributed by atoms with Crippen molar-refractivity contribution in [1.29, 1.82) is 0 Å². The average Bonchev–Trinajstić information content (AvgIpc) is 3.19. The molecule has 0 radical (unpaired) electrons. The standard InChI is InChI=1S/C16H16N2O5S2/c19-13(17-6-2-1-5-11(17)15(21)22)9-18-14(20)12(25-16(18)23)8-10-4-3-7-24-10/h3-4,7-8,11H,1-2,5-6,9H2,(H,21,22). The van der Waals surface area contributed by atoms with Gasteiger partial charge in [-0.2, -0.15) is 0 Å². The minimum Gasteiger partial charge on any atom is -0.480 e. The van der Waals surface area contributed by atoms with Gasteiger partial charge in [0.1, 0.15) is 12.6 Å². The summed E-state index contributed by atoms with van der Waals surface area (Å²) in [5.74, 6) is -2.08. The SMILES string of the molecule is O=C(O)C1CCCCN1C(=O)CN1C(=O)SC(=Cc2cccs2)C1=O. The number of hydrogen-bond acceptors (Lipinski definition) is 6. The Morgan fingerprint density at radius 3 is 2.80 bits per heavy atom. The summed E-state index contributed by atoms with van der Waals surface area (Å²) in [5.41, 5.74) is 0. The Kier molecular flexibility index (Phi) is 5.24. The molecule has 0 saturated carbocycles. The van der Waals surface area contributed by atoms with E-state index in [-0.39, 0.29) is 4.91 Å². The molecule has 2 saturated heterocycles. The lowest BCUT2D eigenvalue weighted by Crippen LogP contribution is -2.51. The van der Waals surface area contributed by atoms with E-state index in [0.717, 1.165) is 34.4 Å². The normalized spacial score (nSPS) is 22.7. The molecule has 3 amide bonds. The molecule has 2 aliphatic rings. The highest BCUT2D eigenvalue weighted by atomic mass is 32.2. The third kappa shape index (κ3) is 3.77. The van der Waals surface area contributed by atoms with Crippen LogP contribution in [0.1, 0.15) is 24.1 Å². The van der Waals surface area contributed by atoms with Crippen LogP contribution in [0, 0.1) is 0 Å². The van der Waals surface area contributed by atoms with Crippen LogP contribution in [0.3, 0.4) is 0 Å². The second kappa shape index (κ2) is 7.40. The molecule has 7 nitrogen and oxygen atoms in total. The zero-order valence-electron chi connectivity index (χ0n) is 13.2. The number of carbonyl (C=O) groups is 4. The van der Waals surface area contributed by atoms with Crippen molar-refractivity contribution in [2.24, 2.45) is 0 Å². The predicted octanol–water partition coefficient (Wildman–Crippen LogP) is 2.25. The number of carboxylic acids is 1. The Morgan fingerprint density at radius 1 is 1.32 bits per heavy atom. The van der Waals surface area contributed by atoms with Gasteiger partial charge in [0.15, 0.2) is 0 Å². The fourth-order valence-corrected chi connectivity index (χ4v) is 4.41. The van der Waals surface area contributed by atoms with Crippen molar-refractivity contribution in [3.05, 3.63) is 27.3 Å². The first-order valence-corrected chi connectivity index (χ1v) is 9.48. The highest BCUT2D eigenvalue weighted by molar-refractivity contribution is 8.18. The highest BCUT2D eigenvalue weighted by Gasteiger charge is 2.39. The molecule has 0 bridgehead atoms. The van der Waals surface area contributed by atoms with Gasteiger partial charge in [-0.3, -0.25) is 19.3 Å². The molecule has 0 aromatic carbocycles. The van der Waals surface area contributed by atoms with E-state index in [1.54, 1.807) is 6.08 Å². The van der Waals surface area contributed by atoms with Crippen LogP contribution in [0.15, 0.2) is 22.4 Å². The Balaban J connectivity index is 1.71. The summed E-state index contributed by atoms with van der Waals surface area (Å²) < 4.78 is 0. The molecule has 1 unspecified atom stereocenters. The number of carbonyl (C=O) groups excluding carboxylic acids is 3. The molecule has 0 spiro atoms. The number of thioether (sulfide) groups is 1. The minimum atomic E-state index is -1.06. The van der Waals surface area contributed by atoms with E-state index < -0.39 is 35.6 Å². The maximum Gasteiger partial charge on any atom is 0.326 e. The molecule has 1 aromatic rings. The van der Waals surface area contributed by atoms with Gasteiger partial charge < -0.3 is 10.0 Å². The van der Waals surface area contributed by atoms with Crippen LogP contribution in [-0.4, -0.2) is 57.1 Å². The number of likely N-dealkylation sites (tertiary alicyclic amines) is 1. The molecule has 1 aromatic heterocycles. The van der Waals surface area contributed by atoms with E-state index in [2.05, 4.69) is 0 Å². The van der Waals surface area contributed by atoms with Crippen LogP contribution >= 0.6 is 23.1 Å². The summed E-state index contributed by atoms with van der Waals surface area (Å²) >= 11 is 2.24. The summed E-state index contributed by atoms with van der Waals surface area (Å²) in [5, 5.41) is 10.6. The van der Waals surface area contributed by atoms with Gasteiger partial charge in [-0.1, -0.05) is 6.07 Å². The van der Waals surface area contributed by atoms with E-state index in [4.69, 9.17) is 0 Å². The third-order valence-electron chi connectivity index (χ3n) is 4.09. The van der Waals surface area contributed by atoms with E-state index in [1.165, 1.54) is 16.2 Å². The van der Waals surface area contributed by atoms with E-state index in [0.29, 0.717) is 13.0 Å². The maximum absolute atomic E-state index is 12.5. The molecule has 0 aliphatic carbocycles. The van der Waals surface area contributed by atoms with Crippen LogP contribution < -0.4 is 0 Å². The molecule has 3 rings (SSSR count). The van der Waals surface area contributed by atoms with Gasteiger partial charge in [-0.25, -0.2) is 4.79 Å². The van der Waals surface area contributed by atoms with Crippen LogP contribution in [0.4, 0.5) is 4.79 Å². The van der Waals surface area contributed by atoms with Crippen LogP contribution in [0.5, 0.6) is 0 Å². The molecule has 25 heavy (non-hydrogen) atoms. The molecule has 9 heteroatoms. The molecule has 132 valence electrons. The van der Waals surface area contributed by atoms with Crippen molar-refractivity contribution in [3.8, 4) is 0 Å². The van der Waals surface area contributed by atoms with Gasteiger partial charge in [0.25, 0.3) is 11.1 Å². The van der Waals surface area contributed by atoms with Gasteiger partial charge >= 0.3 is 5.97 Å². The van der Waals surface area contributed by atoms with Crippen molar-refractivity contribution in [2.45, 2.75) is 25.3 Å². The van der Waals surface area contributed by atoms with Gasteiger partial charge in [-0.15, -0.1) is 11.3 Å². The third-order valence-corrected chi connectivity index (χ3v) is 5.82. The lowest BCUT2D eigenvalue weighted by molar-refractivity contribution is -0.152. The number of rotatable bonds is 4. The molecule has 2 fully saturated rings. The number of thiophene rings is 1. The summed E-state index contributed by atoms with van der Waals surface area (Å²) in [4.78, 5) is 51.6. The van der Waals surface area contributed by atoms with Crippen molar-refractivity contribution in [1.82, 2.24) is 9.80 Å². The number of amides is 3. The number of hydrogen-bond donors (Lipinski definition) is 1. The highest BCUT2D eigenvalue weighted by Crippen LogP contribution is 2.33. The Labute approximate surface area is 152 Å². The number of nitrogens with zero attached hydrogens (tertiary/aromatic N) is 2. The van der Waals surface area contributed by atoms with Gasteiger partial charge in [0.2, 0.25) is 5.91 Å². The largest absolute Gasteiger partial charge is 0.480 e. The summed E-state index contributed by atoms with van der Waals surface area (Å²) in [6.07, 6.45) is 3.48. The smallest absolute Gasteiger partial charge is 0.326 e. The summed E-state index contributed by atoms with van der Waals surface area (Å²) in [7, 11) is 0. The van der Waals surface area contributed by atoms with Gasteiger partial charge in [0.05, 0.1) is 4.91 Å². The molecular weight excluding hydrogens is 364 g/mol. The van der Waals surface area contributed by atoms with Crippen LogP contribution in [-0.2, 0) is 14.4 Å². The number of carboxylic acid groups (broad SMARTS) is 1. The van der Waals surface area contributed by atoms with Crippen molar-refractivity contribution in [2.75, 3.05) is 13.1 Å². The zero-order valence-corrected chi connectivity index (χ0v) is 14.8. The van der Waals surface area contributed by atoms with Crippen molar-refractivity contribution < 1.29 is 24.3 Å². The lowest BCUT2D eigenvalue weighted by atomic mass is 10.0. The Bertz CT molecular complexity index is 744. The van der Waals surface area contributed by atoms with E-state index in [1.807, 2.05) is 17.5 Å². The molecule has 3 heterocycles. The molecule has 1 N–H and O–H groups in total. The topological polar surface area (TPSA) is 95.0 Å². The lowest BCUT2D eigenvalue weighted by Gasteiger charge is -2.33. The molecule has 2 aliphatic heterocycles. The molecule has 1 atom stereocenters. The van der Waals surface area contributed by atoms with Gasteiger partial charge in [0, 0.05) is 11.4 Å². The quantitative estimate of drug-likeness (QED) is 0.805. The fourth-order valence-electron chi connectivity index (χ4n) is 2.85. The number of aliphatic carboxylic acids is 1. The number of imide groups is 1. The Morgan fingerprint density at radius 2 is 2.12 bits per heavy atom. The summed E-state index contributed by atoms with van der Waals surface area (Å²) in [6, 6.07) is 2.78. The van der Waals surface area contributed by atoms with Crippen molar-refractivity contribution >= 4 is 52.2 Å². The summed E-state index contributed by atoms with van der Waals surface area (Å²) in [6.45, 7) is -0.0900. The monoisotopic (exact) mass is 380 g/mol. The van der Waals surface area contributed by atoms with Crippen LogP contribution in [0.2, 0.25) is 0 Å². The first-order valence-electron chi connectivity index (χ1n) is 7.78. The Hall–Kier alpha value is -2.13. The van der Waals surface area contributed by atoms with E-state index >= 15 is 0 Å². The number of piperidine rings is 1. The van der Waals surface area contributed by atoms with Crippen molar-refractivity contribution in [3.63, 3.8) is 0 Å². The second-order valence-electron chi connectivity index (χ2n) is 5.72. The van der Waals surface area contributed by atoms with Gasteiger partial charge in [-0.05, 0) is 48.5 Å². The fraction of sp³-hybridized carbons (Fsp3) is 0.375. The minimum absolute atomic E-state index is 0.272. The van der Waals surface area contributed by atoms with E-state index in [9.17, 15) is 24.3 Å². The first-order chi connectivity index (χ1) is 12.0. The average molecular weight is 380 g/mol. The predicted molar refractivity (Wildman–Crippen MR) is 94.0 cm³/mol. The molecular formula is C16H16N2O5S2.